The summed E-state index contributed by atoms with van der Waals surface area (Å²) in [7, 11) is 5.90. The number of hydrogen-bond acceptors (Lipinski definition) is 6. The monoisotopic (exact) mass is 606 g/mol. The minimum atomic E-state index is -1.22. The first kappa shape index (κ1) is 32.5. The van der Waals surface area contributed by atoms with Gasteiger partial charge in [0.05, 0.1) is 6.42 Å². The molecule has 2 aliphatic rings. The molecular formula is C33H42N4O7. The van der Waals surface area contributed by atoms with Gasteiger partial charge < -0.3 is 29.9 Å². The first-order valence-corrected chi connectivity index (χ1v) is 15.0. The van der Waals surface area contributed by atoms with Crippen molar-refractivity contribution in [2.45, 2.75) is 63.1 Å². The number of carbonyl (C=O) groups is 5. The molecule has 4 amide bonds. The number of rotatable bonds is 11. The number of carbonyl (C=O) groups excluding carboxylic acids is 4. The Morgan fingerprint density at radius 1 is 0.841 bits per heavy atom. The topological polar surface area (TPSA) is 137 Å². The molecule has 0 radical (unpaired) electrons. The van der Waals surface area contributed by atoms with Crippen LogP contribution in [0.3, 0.4) is 0 Å². The molecule has 0 heterocycles. The predicted molar refractivity (Wildman–Crippen MR) is 164 cm³/mol. The summed E-state index contributed by atoms with van der Waals surface area (Å²) in [6.45, 7) is 1.62. The largest absolute Gasteiger partial charge is 0.481 e. The van der Waals surface area contributed by atoms with Crippen molar-refractivity contribution >= 4 is 29.8 Å². The molecule has 0 bridgehead atoms. The van der Waals surface area contributed by atoms with Crippen LogP contribution < -0.4 is 5.32 Å². The summed E-state index contributed by atoms with van der Waals surface area (Å²) in [5.74, 6) is -3.04. The third kappa shape index (κ3) is 6.87. The molecule has 0 aromatic heterocycles. The third-order valence-electron chi connectivity index (χ3n) is 8.82. The molecule has 11 nitrogen and oxygen atoms in total. The number of carboxylic acids is 1. The molecule has 4 rings (SSSR count). The van der Waals surface area contributed by atoms with Crippen molar-refractivity contribution in [3.05, 3.63) is 59.7 Å². The number of amides is 4. The van der Waals surface area contributed by atoms with Gasteiger partial charge in [-0.3, -0.25) is 19.2 Å². The first-order valence-electron chi connectivity index (χ1n) is 15.0. The van der Waals surface area contributed by atoms with Crippen molar-refractivity contribution < 1.29 is 33.8 Å². The smallest absolute Gasteiger partial charge is 0.407 e. The summed E-state index contributed by atoms with van der Waals surface area (Å²) in [6, 6.07) is 12.8. The predicted octanol–water partition coefficient (Wildman–Crippen LogP) is 3.32. The fourth-order valence-electron chi connectivity index (χ4n) is 6.49. The number of fused-ring (bicyclic) bond motifs is 3. The summed E-state index contributed by atoms with van der Waals surface area (Å²) in [5, 5.41) is 12.0. The Hall–Kier alpha value is -4.41. The SMILES string of the molecule is C[C@H](NC(=O)OCC1c2ccccc2-c2ccccc21)C(=O)N(C)C(C(=O)N(C)[C@@H](CC(=O)O)C(=O)N(C)C)C1CCCC1. The van der Waals surface area contributed by atoms with Crippen LogP contribution in [-0.4, -0.2) is 103 Å². The summed E-state index contributed by atoms with van der Waals surface area (Å²) in [6.07, 6.45) is 1.89. The van der Waals surface area contributed by atoms with E-state index >= 15 is 0 Å². The van der Waals surface area contributed by atoms with Crippen molar-refractivity contribution in [1.29, 1.82) is 0 Å². The third-order valence-corrected chi connectivity index (χ3v) is 8.82. The van der Waals surface area contributed by atoms with Crippen LogP contribution in [-0.2, 0) is 23.9 Å². The van der Waals surface area contributed by atoms with E-state index in [1.165, 1.54) is 44.9 Å². The van der Waals surface area contributed by atoms with Crippen LogP contribution in [0.5, 0.6) is 0 Å². The Morgan fingerprint density at radius 2 is 1.39 bits per heavy atom. The number of carboxylic acid groups (broad SMARTS) is 1. The summed E-state index contributed by atoms with van der Waals surface area (Å²) in [5.41, 5.74) is 4.35. The second-order valence-corrected chi connectivity index (χ2v) is 11.9. The molecule has 2 aliphatic carbocycles. The van der Waals surface area contributed by atoms with Gasteiger partial charge in [0.1, 0.15) is 24.7 Å². The molecule has 2 aromatic carbocycles. The number of ether oxygens (including phenoxy) is 1. The standard InChI is InChI=1S/C33H42N4O7/c1-20(34-33(43)44-19-26-24-16-10-8-14-22(24)23-15-9-11-17-25(23)26)30(40)37(5)29(21-12-6-7-13-21)32(42)36(4)27(18-28(38)39)31(41)35(2)3/h8-11,14-17,20-21,26-27,29H,6-7,12-13,18-19H2,1-5H3,(H,34,43)(H,38,39)/t20-,27-,29?/m0/s1. The lowest BCUT2D eigenvalue weighted by Gasteiger charge is -2.38. The van der Waals surface area contributed by atoms with Gasteiger partial charge in [-0.25, -0.2) is 4.79 Å². The highest BCUT2D eigenvalue weighted by atomic mass is 16.5. The zero-order valence-electron chi connectivity index (χ0n) is 26.0. The Balaban J connectivity index is 1.44. The van der Waals surface area contributed by atoms with Gasteiger partial charge in [-0.05, 0) is 47.9 Å². The maximum atomic E-state index is 13.9. The molecule has 1 fully saturated rings. The lowest BCUT2D eigenvalue weighted by Crippen LogP contribution is -2.59. The van der Waals surface area contributed by atoms with E-state index in [1.807, 2.05) is 48.5 Å². The van der Waals surface area contributed by atoms with E-state index < -0.39 is 54.3 Å². The molecule has 0 saturated heterocycles. The van der Waals surface area contributed by atoms with E-state index in [9.17, 15) is 29.1 Å². The molecule has 236 valence electrons. The van der Waals surface area contributed by atoms with E-state index in [0.717, 1.165) is 40.0 Å². The van der Waals surface area contributed by atoms with E-state index in [-0.39, 0.29) is 18.4 Å². The van der Waals surface area contributed by atoms with Crippen LogP contribution in [0.4, 0.5) is 4.79 Å². The molecule has 1 saturated carbocycles. The molecule has 0 spiro atoms. The normalized spacial score (nSPS) is 16.2. The Morgan fingerprint density at radius 3 is 1.91 bits per heavy atom. The second kappa shape index (κ2) is 13.9. The fraction of sp³-hybridized carbons (Fsp3) is 0.485. The first-order chi connectivity index (χ1) is 20.9. The average Bonchev–Trinajstić information content (AvgIpc) is 3.64. The van der Waals surface area contributed by atoms with Crippen LogP contribution >= 0.6 is 0 Å². The highest BCUT2D eigenvalue weighted by Crippen LogP contribution is 2.44. The number of aliphatic carboxylic acids is 1. The molecular weight excluding hydrogens is 564 g/mol. The van der Waals surface area contributed by atoms with Crippen LogP contribution in [0.25, 0.3) is 11.1 Å². The summed E-state index contributed by atoms with van der Waals surface area (Å²) in [4.78, 5) is 68.5. The lowest BCUT2D eigenvalue weighted by molar-refractivity contribution is -0.154. The van der Waals surface area contributed by atoms with Crippen LogP contribution in [0, 0.1) is 5.92 Å². The Kier molecular flexibility index (Phi) is 10.3. The zero-order valence-corrected chi connectivity index (χ0v) is 26.0. The van der Waals surface area contributed by atoms with Gasteiger partial charge >= 0.3 is 12.1 Å². The molecule has 0 aliphatic heterocycles. The number of likely N-dealkylation sites (N-methyl/N-ethyl adjacent to an activating group) is 3. The maximum Gasteiger partial charge on any atom is 0.407 e. The second-order valence-electron chi connectivity index (χ2n) is 11.9. The van der Waals surface area contributed by atoms with E-state index in [4.69, 9.17) is 4.74 Å². The van der Waals surface area contributed by atoms with Gasteiger partial charge in [0.25, 0.3) is 0 Å². The molecule has 3 atom stereocenters. The van der Waals surface area contributed by atoms with Crippen LogP contribution in [0.2, 0.25) is 0 Å². The maximum absolute atomic E-state index is 13.9. The van der Waals surface area contributed by atoms with Gasteiger partial charge in [0, 0.05) is 34.1 Å². The highest BCUT2D eigenvalue weighted by molar-refractivity contribution is 5.95. The number of hydrogen-bond donors (Lipinski definition) is 2. The van der Waals surface area contributed by atoms with Gasteiger partial charge in [-0.2, -0.15) is 0 Å². The molecule has 44 heavy (non-hydrogen) atoms. The molecule has 2 aromatic rings. The average molecular weight is 607 g/mol. The highest BCUT2D eigenvalue weighted by Gasteiger charge is 2.42. The zero-order chi connectivity index (χ0) is 32.1. The van der Waals surface area contributed by atoms with Crippen LogP contribution in [0.1, 0.15) is 56.1 Å². The van der Waals surface area contributed by atoms with E-state index in [2.05, 4.69) is 5.32 Å². The Bertz CT molecular complexity index is 1360. The summed E-state index contributed by atoms with van der Waals surface area (Å²) >= 11 is 0. The lowest BCUT2D eigenvalue weighted by atomic mass is 9.94. The van der Waals surface area contributed by atoms with Crippen molar-refractivity contribution in [2.75, 3.05) is 34.8 Å². The molecule has 1 unspecified atom stereocenters. The van der Waals surface area contributed by atoms with Crippen molar-refractivity contribution in [3.63, 3.8) is 0 Å². The Labute approximate surface area is 258 Å². The summed E-state index contributed by atoms with van der Waals surface area (Å²) < 4.78 is 5.61. The number of alkyl carbamates (subject to hydrolysis) is 1. The van der Waals surface area contributed by atoms with Gasteiger partial charge in [-0.1, -0.05) is 61.4 Å². The quantitative estimate of drug-likeness (QED) is 0.401. The van der Waals surface area contributed by atoms with E-state index in [0.29, 0.717) is 12.8 Å². The van der Waals surface area contributed by atoms with Crippen molar-refractivity contribution in [2.24, 2.45) is 5.92 Å². The molecule has 11 heteroatoms. The van der Waals surface area contributed by atoms with E-state index in [1.54, 1.807) is 0 Å². The number of benzene rings is 2. The van der Waals surface area contributed by atoms with Crippen molar-refractivity contribution in [1.82, 2.24) is 20.0 Å². The van der Waals surface area contributed by atoms with Crippen molar-refractivity contribution in [3.8, 4) is 11.1 Å². The fourth-order valence-corrected chi connectivity index (χ4v) is 6.49. The van der Waals surface area contributed by atoms with Crippen LogP contribution in [0.15, 0.2) is 48.5 Å². The van der Waals surface area contributed by atoms with Gasteiger partial charge in [0.15, 0.2) is 0 Å². The minimum Gasteiger partial charge on any atom is -0.481 e. The number of nitrogens with one attached hydrogen (secondary N) is 1. The minimum absolute atomic E-state index is 0.0927. The van der Waals surface area contributed by atoms with Gasteiger partial charge in [0.2, 0.25) is 17.7 Å². The number of nitrogens with zero attached hydrogens (tertiary/aromatic N) is 3. The van der Waals surface area contributed by atoms with Gasteiger partial charge in [-0.15, -0.1) is 0 Å². The molecule has 2 N–H and O–H groups in total.